The Morgan fingerprint density at radius 1 is 1.21 bits per heavy atom. The Kier molecular flexibility index (Phi) is 5.28. The number of thioether (sulfide) groups is 1. The molecule has 2 rings (SSSR count). The lowest BCUT2D eigenvalue weighted by Gasteiger charge is -2.07. The van der Waals surface area contributed by atoms with E-state index in [1.165, 1.54) is 0 Å². The molecule has 0 unspecified atom stereocenters. The zero-order valence-electron chi connectivity index (χ0n) is 11.3. The standard InChI is InChI=1S/C14H18ClN3S/c1-3-7-13-16-17-14(18(13)4-2)19-10-11-8-5-6-9-12(11)15/h5-6,8-9H,3-4,7,10H2,1-2H3. The van der Waals surface area contributed by atoms with Gasteiger partial charge >= 0.3 is 0 Å². The van der Waals surface area contributed by atoms with Gasteiger partial charge in [-0.05, 0) is 25.0 Å². The molecule has 0 fully saturated rings. The van der Waals surface area contributed by atoms with E-state index in [-0.39, 0.29) is 0 Å². The average molecular weight is 296 g/mol. The third-order valence-electron chi connectivity index (χ3n) is 2.90. The zero-order valence-corrected chi connectivity index (χ0v) is 12.8. The summed E-state index contributed by atoms with van der Waals surface area (Å²) in [5, 5.41) is 10.3. The molecule has 0 radical (unpaired) electrons. The SMILES string of the molecule is CCCc1nnc(SCc2ccccc2Cl)n1CC. The summed E-state index contributed by atoms with van der Waals surface area (Å²) in [6, 6.07) is 7.93. The maximum atomic E-state index is 6.16. The summed E-state index contributed by atoms with van der Waals surface area (Å²) in [4.78, 5) is 0. The minimum Gasteiger partial charge on any atom is -0.306 e. The summed E-state index contributed by atoms with van der Waals surface area (Å²) in [5.74, 6) is 1.90. The van der Waals surface area contributed by atoms with E-state index >= 15 is 0 Å². The van der Waals surface area contributed by atoms with Crippen molar-refractivity contribution in [1.82, 2.24) is 14.8 Å². The minimum absolute atomic E-state index is 0.811. The highest BCUT2D eigenvalue weighted by Crippen LogP contribution is 2.26. The third kappa shape index (κ3) is 3.51. The van der Waals surface area contributed by atoms with Gasteiger partial charge in [-0.3, -0.25) is 0 Å². The second-order valence-corrected chi connectivity index (χ2v) is 5.62. The lowest BCUT2D eigenvalue weighted by Crippen LogP contribution is -2.03. The molecule has 19 heavy (non-hydrogen) atoms. The molecule has 0 saturated carbocycles. The van der Waals surface area contributed by atoms with E-state index in [0.29, 0.717) is 0 Å². The van der Waals surface area contributed by atoms with Crippen LogP contribution in [-0.2, 0) is 18.7 Å². The third-order valence-corrected chi connectivity index (χ3v) is 4.28. The van der Waals surface area contributed by atoms with Crippen LogP contribution < -0.4 is 0 Å². The second kappa shape index (κ2) is 6.96. The van der Waals surface area contributed by atoms with Gasteiger partial charge in [-0.2, -0.15) is 0 Å². The van der Waals surface area contributed by atoms with Crippen molar-refractivity contribution in [2.75, 3.05) is 0 Å². The van der Waals surface area contributed by atoms with Crippen LogP contribution in [0.2, 0.25) is 5.02 Å². The van der Waals surface area contributed by atoms with Crippen LogP contribution in [0.1, 0.15) is 31.7 Å². The molecule has 1 aromatic carbocycles. The Hall–Kier alpha value is -1.00. The van der Waals surface area contributed by atoms with Crippen LogP contribution in [0, 0.1) is 0 Å². The Labute approximate surface area is 123 Å². The quantitative estimate of drug-likeness (QED) is 0.749. The van der Waals surface area contributed by atoms with Crippen molar-refractivity contribution in [2.45, 2.75) is 44.1 Å². The van der Waals surface area contributed by atoms with Crippen molar-refractivity contribution in [1.29, 1.82) is 0 Å². The van der Waals surface area contributed by atoms with E-state index in [1.807, 2.05) is 18.2 Å². The molecular weight excluding hydrogens is 278 g/mol. The summed E-state index contributed by atoms with van der Waals surface area (Å²) < 4.78 is 2.19. The van der Waals surface area contributed by atoms with Gasteiger partial charge in [-0.1, -0.05) is 48.5 Å². The van der Waals surface area contributed by atoms with E-state index in [1.54, 1.807) is 11.8 Å². The van der Waals surface area contributed by atoms with Gasteiger partial charge in [0.25, 0.3) is 0 Å². The van der Waals surface area contributed by atoms with E-state index in [2.05, 4.69) is 34.7 Å². The number of aromatic nitrogens is 3. The number of hydrogen-bond donors (Lipinski definition) is 0. The monoisotopic (exact) mass is 295 g/mol. The molecule has 0 aliphatic heterocycles. The summed E-state index contributed by atoms with van der Waals surface area (Å²) in [5.41, 5.74) is 1.14. The Balaban J connectivity index is 2.09. The lowest BCUT2D eigenvalue weighted by atomic mass is 10.2. The first-order valence-electron chi connectivity index (χ1n) is 6.54. The van der Waals surface area contributed by atoms with Gasteiger partial charge in [0.1, 0.15) is 5.82 Å². The van der Waals surface area contributed by atoms with E-state index < -0.39 is 0 Å². The van der Waals surface area contributed by atoms with Gasteiger partial charge in [0, 0.05) is 23.7 Å². The molecule has 3 nitrogen and oxygen atoms in total. The van der Waals surface area contributed by atoms with E-state index in [0.717, 1.165) is 46.7 Å². The molecule has 102 valence electrons. The molecular formula is C14H18ClN3S. The number of rotatable bonds is 6. The topological polar surface area (TPSA) is 30.7 Å². The highest BCUT2D eigenvalue weighted by molar-refractivity contribution is 7.98. The van der Waals surface area contributed by atoms with Gasteiger partial charge in [0.05, 0.1) is 0 Å². The number of benzene rings is 1. The molecule has 0 N–H and O–H groups in total. The largest absolute Gasteiger partial charge is 0.306 e. The van der Waals surface area contributed by atoms with Gasteiger partial charge < -0.3 is 4.57 Å². The summed E-state index contributed by atoms with van der Waals surface area (Å²) in [6.45, 7) is 5.19. The molecule has 0 spiro atoms. The van der Waals surface area contributed by atoms with Gasteiger partial charge in [0.15, 0.2) is 5.16 Å². The van der Waals surface area contributed by atoms with Crippen molar-refractivity contribution in [2.24, 2.45) is 0 Å². The van der Waals surface area contributed by atoms with Gasteiger partial charge in [0.2, 0.25) is 0 Å². The van der Waals surface area contributed by atoms with Gasteiger partial charge in [-0.25, -0.2) is 0 Å². The molecule has 0 bridgehead atoms. The molecule has 0 aliphatic rings. The lowest BCUT2D eigenvalue weighted by molar-refractivity contribution is 0.634. The average Bonchev–Trinajstić information content (AvgIpc) is 2.80. The van der Waals surface area contributed by atoms with Crippen molar-refractivity contribution in [3.05, 3.63) is 40.7 Å². The van der Waals surface area contributed by atoms with Crippen LogP contribution in [0.5, 0.6) is 0 Å². The fourth-order valence-corrected chi connectivity index (χ4v) is 3.22. The molecule has 5 heteroatoms. The Morgan fingerprint density at radius 2 is 2.00 bits per heavy atom. The van der Waals surface area contributed by atoms with Gasteiger partial charge in [-0.15, -0.1) is 10.2 Å². The zero-order chi connectivity index (χ0) is 13.7. The normalized spacial score (nSPS) is 10.9. The predicted octanol–water partition coefficient (Wildman–Crippen LogP) is 4.20. The number of nitrogens with zero attached hydrogens (tertiary/aromatic N) is 3. The van der Waals surface area contributed by atoms with Crippen LogP contribution in [0.3, 0.4) is 0 Å². The number of halogens is 1. The van der Waals surface area contributed by atoms with Crippen molar-refractivity contribution < 1.29 is 0 Å². The smallest absolute Gasteiger partial charge is 0.191 e. The fourth-order valence-electron chi connectivity index (χ4n) is 1.91. The first-order valence-corrected chi connectivity index (χ1v) is 7.90. The molecule has 2 aromatic rings. The molecule has 0 saturated heterocycles. The first kappa shape index (κ1) is 14.4. The number of hydrogen-bond acceptors (Lipinski definition) is 3. The van der Waals surface area contributed by atoms with Crippen LogP contribution in [0.15, 0.2) is 29.4 Å². The molecule has 0 atom stereocenters. The Bertz CT molecular complexity index is 539. The molecule has 0 amide bonds. The predicted molar refractivity (Wildman–Crippen MR) is 80.7 cm³/mol. The van der Waals surface area contributed by atoms with Crippen LogP contribution in [0.25, 0.3) is 0 Å². The minimum atomic E-state index is 0.811. The van der Waals surface area contributed by atoms with Crippen LogP contribution in [0.4, 0.5) is 0 Å². The van der Waals surface area contributed by atoms with E-state index in [9.17, 15) is 0 Å². The summed E-state index contributed by atoms with van der Waals surface area (Å²) in [6.07, 6.45) is 2.07. The fraction of sp³-hybridized carbons (Fsp3) is 0.429. The summed E-state index contributed by atoms with van der Waals surface area (Å²) in [7, 11) is 0. The Morgan fingerprint density at radius 3 is 2.68 bits per heavy atom. The van der Waals surface area contributed by atoms with Crippen molar-refractivity contribution in [3.63, 3.8) is 0 Å². The summed E-state index contributed by atoms with van der Waals surface area (Å²) >= 11 is 7.85. The van der Waals surface area contributed by atoms with Crippen molar-refractivity contribution in [3.8, 4) is 0 Å². The highest BCUT2D eigenvalue weighted by atomic mass is 35.5. The van der Waals surface area contributed by atoms with Crippen molar-refractivity contribution >= 4 is 23.4 Å². The molecule has 0 aliphatic carbocycles. The second-order valence-electron chi connectivity index (χ2n) is 4.27. The maximum Gasteiger partial charge on any atom is 0.191 e. The van der Waals surface area contributed by atoms with Crippen LogP contribution >= 0.6 is 23.4 Å². The number of aryl methyl sites for hydroxylation is 1. The van der Waals surface area contributed by atoms with E-state index in [4.69, 9.17) is 11.6 Å². The first-order chi connectivity index (χ1) is 9.26. The highest BCUT2D eigenvalue weighted by Gasteiger charge is 2.11. The molecule has 1 aromatic heterocycles. The van der Waals surface area contributed by atoms with Crippen LogP contribution in [-0.4, -0.2) is 14.8 Å². The maximum absolute atomic E-state index is 6.16. The molecule has 1 heterocycles.